The summed E-state index contributed by atoms with van der Waals surface area (Å²) in [6.07, 6.45) is 1.50. The smallest absolute Gasteiger partial charge is 0.407 e. The quantitative estimate of drug-likeness (QED) is 0.397. The fourth-order valence-electron chi connectivity index (χ4n) is 5.69. The molecule has 0 aliphatic heterocycles. The SMILES string of the molecule is O=C(NC(Cc1ccc2c3c(cccc13)CC2)C(=O)O)OCC1c2ccccc2-c2ccccc21. The van der Waals surface area contributed by atoms with Gasteiger partial charge in [0, 0.05) is 12.3 Å². The highest BCUT2D eigenvalue weighted by Gasteiger charge is 2.30. The van der Waals surface area contributed by atoms with Crippen molar-refractivity contribution in [2.45, 2.75) is 31.2 Å². The van der Waals surface area contributed by atoms with Crippen molar-refractivity contribution in [2.24, 2.45) is 0 Å². The van der Waals surface area contributed by atoms with E-state index < -0.39 is 18.1 Å². The fraction of sp³-hybridized carbons (Fsp3) is 0.200. The predicted molar refractivity (Wildman–Crippen MR) is 135 cm³/mol. The molecule has 1 unspecified atom stereocenters. The second-order valence-corrected chi connectivity index (χ2v) is 9.29. The van der Waals surface area contributed by atoms with E-state index in [1.54, 1.807) is 0 Å². The minimum atomic E-state index is -1.08. The van der Waals surface area contributed by atoms with E-state index in [1.165, 1.54) is 16.5 Å². The summed E-state index contributed by atoms with van der Waals surface area (Å²) in [5.74, 6) is -1.16. The van der Waals surface area contributed by atoms with Gasteiger partial charge in [0.05, 0.1) is 0 Å². The van der Waals surface area contributed by atoms with Crippen molar-refractivity contribution in [3.05, 3.63) is 107 Å². The summed E-state index contributed by atoms with van der Waals surface area (Å²) in [6, 6.07) is 25.4. The van der Waals surface area contributed by atoms with Crippen molar-refractivity contribution in [1.29, 1.82) is 0 Å². The van der Waals surface area contributed by atoms with Crippen molar-refractivity contribution in [1.82, 2.24) is 5.32 Å². The third-order valence-corrected chi connectivity index (χ3v) is 7.33. The Morgan fingerprint density at radius 3 is 2.20 bits per heavy atom. The molecule has 0 radical (unpaired) electrons. The minimum absolute atomic E-state index is 0.0760. The number of fused-ring (bicyclic) bond motifs is 3. The van der Waals surface area contributed by atoms with Crippen LogP contribution >= 0.6 is 0 Å². The first-order valence-electron chi connectivity index (χ1n) is 12.0. The number of nitrogens with one attached hydrogen (secondary N) is 1. The second-order valence-electron chi connectivity index (χ2n) is 9.29. The van der Waals surface area contributed by atoms with Crippen LogP contribution in [-0.4, -0.2) is 29.8 Å². The molecule has 0 fully saturated rings. The molecule has 5 heteroatoms. The van der Waals surface area contributed by atoms with Crippen LogP contribution in [0.5, 0.6) is 0 Å². The Bertz CT molecular complexity index is 1420. The molecule has 0 bridgehead atoms. The molecule has 5 nitrogen and oxygen atoms in total. The zero-order valence-electron chi connectivity index (χ0n) is 19.2. The maximum atomic E-state index is 12.7. The van der Waals surface area contributed by atoms with Gasteiger partial charge < -0.3 is 15.2 Å². The molecule has 0 aromatic heterocycles. The van der Waals surface area contributed by atoms with Crippen LogP contribution in [0.3, 0.4) is 0 Å². The van der Waals surface area contributed by atoms with E-state index in [9.17, 15) is 14.7 Å². The highest BCUT2D eigenvalue weighted by Crippen LogP contribution is 2.44. The molecular formula is C30H25NO4. The van der Waals surface area contributed by atoms with Gasteiger partial charge in [0.2, 0.25) is 0 Å². The van der Waals surface area contributed by atoms with Gasteiger partial charge in [0.25, 0.3) is 0 Å². The highest BCUT2D eigenvalue weighted by atomic mass is 16.5. The van der Waals surface area contributed by atoms with Crippen molar-refractivity contribution in [3.63, 3.8) is 0 Å². The maximum absolute atomic E-state index is 12.7. The molecule has 4 aromatic carbocycles. The first kappa shape index (κ1) is 21.4. The Hall–Kier alpha value is -4.12. The Morgan fingerprint density at radius 2 is 1.51 bits per heavy atom. The topological polar surface area (TPSA) is 75.6 Å². The number of aryl methyl sites for hydroxylation is 2. The number of amides is 1. The van der Waals surface area contributed by atoms with E-state index >= 15 is 0 Å². The zero-order valence-corrected chi connectivity index (χ0v) is 19.2. The maximum Gasteiger partial charge on any atom is 0.407 e. The number of hydrogen-bond acceptors (Lipinski definition) is 3. The van der Waals surface area contributed by atoms with E-state index in [0.717, 1.165) is 46.0 Å². The Labute approximate surface area is 203 Å². The van der Waals surface area contributed by atoms with E-state index in [2.05, 4.69) is 41.7 Å². The van der Waals surface area contributed by atoms with E-state index in [0.29, 0.717) is 0 Å². The van der Waals surface area contributed by atoms with Crippen LogP contribution in [-0.2, 0) is 28.8 Å². The number of carbonyl (C=O) groups is 2. The largest absolute Gasteiger partial charge is 0.480 e. The van der Waals surface area contributed by atoms with Gasteiger partial charge in [-0.3, -0.25) is 0 Å². The van der Waals surface area contributed by atoms with Crippen LogP contribution in [0.2, 0.25) is 0 Å². The minimum Gasteiger partial charge on any atom is -0.480 e. The molecule has 0 heterocycles. The number of carboxylic acid groups (broad SMARTS) is 1. The number of carbonyl (C=O) groups excluding carboxylic acids is 1. The van der Waals surface area contributed by atoms with Gasteiger partial charge in [-0.05, 0) is 62.6 Å². The molecule has 6 rings (SSSR count). The molecule has 2 N–H and O–H groups in total. The molecule has 0 saturated carbocycles. The molecular weight excluding hydrogens is 438 g/mol. The van der Waals surface area contributed by atoms with Crippen LogP contribution in [0.15, 0.2) is 78.9 Å². The summed E-state index contributed by atoms with van der Waals surface area (Å²) in [5.41, 5.74) is 8.04. The standard InChI is InChI=1S/C30H25NO4/c32-29(33)27(16-20-15-14-19-13-12-18-6-5-11-21(20)28(18)19)31-30(34)35-17-26-24-9-3-1-7-22(24)23-8-2-4-10-25(23)26/h1-11,14-15,26-27H,12-13,16-17H2,(H,31,34)(H,32,33). The van der Waals surface area contributed by atoms with Crippen LogP contribution in [0.25, 0.3) is 21.9 Å². The lowest BCUT2D eigenvalue weighted by molar-refractivity contribution is -0.139. The number of carboxylic acids is 1. The average molecular weight is 464 g/mol. The van der Waals surface area contributed by atoms with Gasteiger partial charge in [-0.2, -0.15) is 0 Å². The third-order valence-electron chi connectivity index (χ3n) is 7.33. The summed E-state index contributed by atoms with van der Waals surface area (Å²) in [5, 5.41) is 14.7. The first-order valence-corrected chi connectivity index (χ1v) is 12.0. The normalized spacial score (nSPS) is 14.4. The fourth-order valence-corrected chi connectivity index (χ4v) is 5.69. The van der Waals surface area contributed by atoms with Gasteiger partial charge in [-0.25, -0.2) is 9.59 Å². The van der Waals surface area contributed by atoms with Crippen LogP contribution < -0.4 is 5.32 Å². The number of hydrogen-bond donors (Lipinski definition) is 2. The van der Waals surface area contributed by atoms with Crippen LogP contribution in [0, 0.1) is 0 Å². The molecule has 2 aliphatic carbocycles. The second kappa shape index (κ2) is 8.58. The van der Waals surface area contributed by atoms with Crippen molar-refractivity contribution >= 4 is 22.8 Å². The summed E-state index contributed by atoms with van der Waals surface area (Å²) in [4.78, 5) is 24.8. The van der Waals surface area contributed by atoms with E-state index in [1.807, 2.05) is 42.5 Å². The number of aliphatic carboxylic acids is 1. The van der Waals surface area contributed by atoms with Gasteiger partial charge in [-0.15, -0.1) is 0 Å². The Kier molecular flexibility index (Phi) is 5.25. The third kappa shape index (κ3) is 3.73. The number of ether oxygens (including phenoxy) is 1. The average Bonchev–Trinajstić information content (AvgIpc) is 3.44. The lowest BCUT2D eigenvalue weighted by atomic mass is 9.96. The van der Waals surface area contributed by atoms with Gasteiger partial charge in [-0.1, -0.05) is 78.9 Å². The molecule has 2 aliphatic rings. The van der Waals surface area contributed by atoms with E-state index in [-0.39, 0.29) is 18.9 Å². The number of rotatable bonds is 6. The van der Waals surface area contributed by atoms with E-state index in [4.69, 9.17) is 4.74 Å². The Balaban J connectivity index is 1.18. The van der Waals surface area contributed by atoms with Crippen LogP contribution in [0.4, 0.5) is 4.79 Å². The molecule has 174 valence electrons. The summed E-state index contributed by atoms with van der Waals surface area (Å²) >= 11 is 0. The van der Waals surface area contributed by atoms with Gasteiger partial charge >= 0.3 is 12.1 Å². The molecule has 1 atom stereocenters. The number of alkyl carbamates (subject to hydrolysis) is 1. The molecule has 35 heavy (non-hydrogen) atoms. The lowest BCUT2D eigenvalue weighted by Gasteiger charge is -2.18. The predicted octanol–water partition coefficient (Wildman–Crippen LogP) is 5.47. The first-order chi connectivity index (χ1) is 17.1. The highest BCUT2D eigenvalue weighted by molar-refractivity contribution is 5.94. The Morgan fingerprint density at radius 1 is 0.857 bits per heavy atom. The molecule has 0 saturated heterocycles. The zero-order chi connectivity index (χ0) is 23.9. The summed E-state index contributed by atoms with van der Waals surface area (Å²) in [7, 11) is 0. The molecule has 1 amide bonds. The van der Waals surface area contributed by atoms with Crippen molar-refractivity contribution in [3.8, 4) is 11.1 Å². The molecule has 0 spiro atoms. The van der Waals surface area contributed by atoms with Gasteiger partial charge in [0.1, 0.15) is 12.6 Å². The number of benzene rings is 4. The molecule has 4 aromatic rings. The summed E-state index contributed by atoms with van der Waals surface area (Å²) < 4.78 is 5.58. The lowest BCUT2D eigenvalue weighted by Crippen LogP contribution is -2.43. The van der Waals surface area contributed by atoms with Crippen molar-refractivity contribution < 1.29 is 19.4 Å². The van der Waals surface area contributed by atoms with Gasteiger partial charge in [0.15, 0.2) is 0 Å². The monoisotopic (exact) mass is 463 g/mol. The van der Waals surface area contributed by atoms with Crippen molar-refractivity contribution in [2.75, 3.05) is 6.61 Å². The van der Waals surface area contributed by atoms with Crippen LogP contribution in [0.1, 0.15) is 33.7 Å². The summed E-state index contributed by atoms with van der Waals surface area (Å²) in [6.45, 7) is 0.146.